The first-order chi connectivity index (χ1) is 12.6. The Morgan fingerprint density at radius 2 is 2.04 bits per heavy atom. The molecular formula is C20H26N2O3S. The number of amidine groups is 1. The highest BCUT2D eigenvalue weighted by molar-refractivity contribution is 8.18. The zero-order chi connectivity index (χ0) is 18.5. The second-order valence-electron chi connectivity index (χ2n) is 6.84. The molecule has 1 heterocycles. The van der Waals surface area contributed by atoms with Gasteiger partial charge in [0.2, 0.25) is 0 Å². The molecule has 3 rings (SSSR count). The molecule has 0 atom stereocenters. The first kappa shape index (κ1) is 18.8. The topological polar surface area (TPSA) is 59.9 Å². The molecule has 26 heavy (non-hydrogen) atoms. The number of hydrogen-bond donors (Lipinski definition) is 1. The summed E-state index contributed by atoms with van der Waals surface area (Å²) in [4.78, 5) is 17.7. The standard InChI is InChI=1S/C20H26N2O3S/c1-13(2)25-18-14(8-7-11-16(18)24-3)12-17-19(23)22-20(26-17)21-15-9-5-4-6-10-15/h7-8,11-13,15H,4-6,9-10H2,1-3H3,(H,21,22,23)/b17-12-. The van der Waals surface area contributed by atoms with E-state index in [0.717, 1.165) is 18.4 Å². The molecular weight excluding hydrogens is 348 g/mol. The maximum absolute atomic E-state index is 12.4. The number of nitrogens with one attached hydrogen (secondary N) is 1. The van der Waals surface area contributed by atoms with E-state index >= 15 is 0 Å². The summed E-state index contributed by atoms with van der Waals surface area (Å²) < 4.78 is 11.3. The number of amides is 1. The highest BCUT2D eigenvalue weighted by Crippen LogP contribution is 2.36. The van der Waals surface area contributed by atoms with Gasteiger partial charge in [-0.3, -0.25) is 9.79 Å². The second-order valence-corrected chi connectivity index (χ2v) is 7.87. The molecule has 1 aromatic carbocycles. The van der Waals surface area contributed by atoms with E-state index in [9.17, 15) is 4.79 Å². The first-order valence-electron chi connectivity index (χ1n) is 9.19. The Balaban J connectivity index is 1.83. The molecule has 0 aromatic heterocycles. The Bertz CT molecular complexity index is 722. The number of hydrogen-bond acceptors (Lipinski definition) is 5. The molecule has 1 amide bonds. The van der Waals surface area contributed by atoms with Crippen LogP contribution in [0.1, 0.15) is 51.5 Å². The van der Waals surface area contributed by atoms with Crippen molar-refractivity contribution in [2.75, 3.05) is 7.11 Å². The number of nitrogens with zero attached hydrogens (tertiary/aromatic N) is 1. The predicted octanol–water partition coefficient (Wildman–Crippen LogP) is 4.38. The maximum atomic E-state index is 12.4. The van der Waals surface area contributed by atoms with Crippen molar-refractivity contribution in [2.24, 2.45) is 4.99 Å². The number of thioether (sulfide) groups is 1. The van der Waals surface area contributed by atoms with Crippen LogP contribution in [0, 0.1) is 0 Å². The number of carbonyl (C=O) groups excluding carboxylic acids is 1. The van der Waals surface area contributed by atoms with Crippen molar-refractivity contribution in [1.29, 1.82) is 0 Å². The van der Waals surface area contributed by atoms with Crippen LogP contribution in [-0.4, -0.2) is 30.3 Å². The third-order valence-corrected chi connectivity index (χ3v) is 5.32. The van der Waals surface area contributed by atoms with E-state index in [0.29, 0.717) is 27.6 Å². The van der Waals surface area contributed by atoms with E-state index in [1.807, 2.05) is 38.1 Å². The van der Waals surface area contributed by atoms with Gasteiger partial charge in [0, 0.05) is 5.56 Å². The molecule has 2 aliphatic rings. The minimum Gasteiger partial charge on any atom is -0.493 e. The summed E-state index contributed by atoms with van der Waals surface area (Å²) in [7, 11) is 1.62. The quantitative estimate of drug-likeness (QED) is 0.777. The van der Waals surface area contributed by atoms with Gasteiger partial charge in [0.15, 0.2) is 16.7 Å². The normalized spacial score (nSPS) is 21.5. The molecule has 0 radical (unpaired) electrons. The van der Waals surface area contributed by atoms with Crippen LogP contribution in [0.15, 0.2) is 28.1 Å². The SMILES string of the molecule is COc1cccc(/C=C2\SC(=NC3CCCCC3)NC2=O)c1OC(C)C. The highest BCUT2D eigenvalue weighted by Gasteiger charge is 2.26. The van der Waals surface area contributed by atoms with Crippen LogP contribution in [0.3, 0.4) is 0 Å². The number of ether oxygens (including phenoxy) is 2. The number of aliphatic imine (C=N–C) groups is 1. The Morgan fingerprint density at radius 1 is 1.27 bits per heavy atom. The number of methoxy groups -OCH3 is 1. The van der Waals surface area contributed by atoms with Gasteiger partial charge in [-0.05, 0) is 50.6 Å². The first-order valence-corrected chi connectivity index (χ1v) is 10.0. The van der Waals surface area contributed by atoms with Crippen molar-refractivity contribution in [1.82, 2.24) is 5.32 Å². The van der Waals surface area contributed by atoms with E-state index in [1.54, 1.807) is 7.11 Å². The molecule has 2 fully saturated rings. The van der Waals surface area contributed by atoms with Crippen molar-refractivity contribution in [3.05, 3.63) is 28.7 Å². The summed E-state index contributed by atoms with van der Waals surface area (Å²) in [6.45, 7) is 3.94. The molecule has 1 N–H and O–H groups in total. The van der Waals surface area contributed by atoms with Crippen molar-refractivity contribution in [3.63, 3.8) is 0 Å². The Hall–Kier alpha value is -1.95. The van der Waals surface area contributed by atoms with Gasteiger partial charge in [0.1, 0.15) is 0 Å². The third kappa shape index (κ3) is 4.61. The highest BCUT2D eigenvalue weighted by atomic mass is 32.2. The molecule has 1 saturated carbocycles. The van der Waals surface area contributed by atoms with E-state index in [-0.39, 0.29) is 12.0 Å². The van der Waals surface area contributed by atoms with E-state index < -0.39 is 0 Å². The summed E-state index contributed by atoms with van der Waals surface area (Å²) in [5, 5.41) is 3.60. The number of para-hydroxylation sites is 1. The van der Waals surface area contributed by atoms with Crippen LogP contribution in [0.25, 0.3) is 6.08 Å². The minimum absolute atomic E-state index is 0.0110. The molecule has 0 bridgehead atoms. The Labute approximate surface area is 159 Å². The fraction of sp³-hybridized carbons (Fsp3) is 0.500. The third-order valence-electron chi connectivity index (χ3n) is 4.39. The second kappa shape index (κ2) is 8.62. The Morgan fingerprint density at radius 3 is 2.73 bits per heavy atom. The molecule has 0 spiro atoms. The van der Waals surface area contributed by atoms with E-state index in [4.69, 9.17) is 14.5 Å². The number of rotatable bonds is 5. The Kier molecular flexibility index (Phi) is 6.25. The van der Waals surface area contributed by atoms with Crippen LogP contribution in [0.2, 0.25) is 0 Å². The monoisotopic (exact) mass is 374 g/mol. The van der Waals surface area contributed by atoms with Crippen LogP contribution in [0.5, 0.6) is 11.5 Å². The maximum Gasteiger partial charge on any atom is 0.264 e. The largest absolute Gasteiger partial charge is 0.493 e. The van der Waals surface area contributed by atoms with Gasteiger partial charge in [-0.25, -0.2) is 0 Å². The molecule has 0 unspecified atom stereocenters. The lowest BCUT2D eigenvalue weighted by Crippen LogP contribution is -2.22. The lowest BCUT2D eigenvalue weighted by Gasteiger charge is -2.17. The average molecular weight is 375 g/mol. The van der Waals surface area contributed by atoms with Crippen molar-refractivity contribution in [3.8, 4) is 11.5 Å². The van der Waals surface area contributed by atoms with Gasteiger partial charge < -0.3 is 14.8 Å². The summed E-state index contributed by atoms with van der Waals surface area (Å²) in [5.74, 6) is 1.21. The van der Waals surface area contributed by atoms with E-state index in [1.165, 1.54) is 31.0 Å². The molecule has 1 aromatic rings. The molecule has 1 aliphatic carbocycles. The molecule has 140 valence electrons. The smallest absolute Gasteiger partial charge is 0.264 e. The summed E-state index contributed by atoms with van der Waals surface area (Å²) in [5.41, 5.74) is 0.828. The van der Waals surface area contributed by atoms with Gasteiger partial charge in [0.05, 0.1) is 24.2 Å². The van der Waals surface area contributed by atoms with Gasteiger partial charge in [-0.1, -0.05) is 31.4 Å². The van der Waals surface area contributed by atoms with Gasteiger partial charge in [0.25, 0.3) is 5.91 Å². The molecule has 5 nitrogen and oxygen atoms in total. The zero-order valence-electron chi connectivity index (χ0n) is 15.6. The lowest BCUT2D eigenvalue weighted by molar-refractivity contribution is -0.115. The summed E-state index contributed by atoms with van der Waals surface area (Å²) in [6.07, 6.45) is 7.83. The van der Waals surface area contributed by atoms with Crippen LogP contribution in [-0.2, 0) is 4.79 Å². The van der Waals surface area contributed by atoms with Gasteiger partial charge in [-0.15, -0.1) is 0 Å². The summed E-state index contributed by atoms with van der Waals surface area (Å²) >= 11 is 1.40. The van der Waals surface area contributed by atoms with Crippen LogP contribution < -0.4 is 14.8 Å². The fourth-order valence-corrected chi connectivity index (χ4v) is 4.06. The lowest BCUT2D eigenvalue weighted by atomic mass is 9.96. The number of carbonyl (C=O) groups is 1. The van der Waals surface area contributed by atoms with Crippen LogP contribution in [0.4, 0.5) is 0 Å². The molecule has 1 saturated heterocycles. The zero-order valence-corrected chi connectivity index (χ0v) is 16.4. The minimum atomic E-state index is -0.108. The van der Waals surface area contributed by atoms with E-state index in [2.05, 4.69) is 5.32 Å². The van der Waals surface area contributed by atoms with Gasteiger partial charge in [-0.2, -0.15) is 0 Å². The van der Waals surface area contributed by atoms with Crippen LogP contribution >= 0.6 is 11.8 Å². The number of benzene rings is 1. The van der Waals surface area contributed by atoms with Gasteiger partial charge >= 0.3 is 0 Å². The molecule has 6 heteroatoms. The average Bonchev–Trinajstić information content (AvgIpc) is 2.96. The molecule has 1 aliphatic heterocycles. The summed E-state index contributed by atoms with van der Waals surface area (Å²) in [6, 6.07) is 6.02. The van der Waals surface area contributed by atoms with Crippen molar-refractivity contribution in [2.45, 2.75) is 58.1 Å². The van der Waals surface area contributed by atoms with Crippen molar-refractivity contribution >= 4 is 28.9 Å². The fourth-order valence-electron chi connectivity index (χ4n) is 3.17. The van der Waals surface area contributed by atoms with Crippen molar-refractivity contribution < 1.29 is 14.3 Å². The predicted molar refractivity (Wildman–Crippen MR) is 107 cm³/mol.